The van der Waals surface area contributed by atoms with E-state index in [4.69, 9.17) is 5.26 Å². The second-order valence-electron chi connectivity index (χ2n) is 6.55. The predicted molar refractivity (Wildman–Crippen MR) is 81.0 cm³/mol. The van der Waals surface area contributed by atoms with Crippen molar-refractivity contribution in [1.29, 1.82) is 5.26 Å². The highest BCUT2D eigenvalue weighted by atomic mass is 15.1. The van der Waals surface area contributed by atoms with Gasteiger partial charge in [0, 0.05) is 12.6 Å². The highest BCUT2D eigenvalue weighted by Crippen LogP contribution is 2.21. The van der Waals surface area contributed by atoms with E-state index in [1.165, 1.54) is 45.3 Å². The van der Waals surface area contributed by atoms with Crippen molar-refractivity contribution >= 4 is 0 Å². The van der Waals surface area contributed by atoms with Crippen LogP contribution in [0.15, 0.2) is 0 Å². The minimum Gasteiger partial charge on any atom is -0.313 e. The molecular formula is C16H31N3. The fourth-order valence-corrected chi connectivity index (χ4v) is 2.70. The van der Waals surface area contributed by atoms with Crippen LogP contribution in [-0.4, -0.2) is 37.1 Å². The predicted octanol–water partition coefficient (Wildman–Crippen LogP) is 3.17. The maximum Gasteiger partial charge on any atom is 0.0683 e. The van der Waals surface area contributed by atoms with Crippen LogP contribution in [0.3, 0.4) is 0 Å². The molecule has 1 N–H and O–H groups in total. The average molecular weight is 265 g/mol. The molecule has 1 fully saturated rings. The van der Waals surface area contributed by atoms with Gasteiger partial charge in [-0.2, -0.15) is 5.26 Å². The number of rotatable bonds is 9. The van der Waals surface area contributed by atoms with Crippen LogP contribution in [0.1, 0.15) is 59.3 Å². The van der Waals surface area contributed by atoms with Gasteiger partial charge in [0.05, 0.1) is 11.5 Å². The molecule has 1 atom stereocenters. The van der Waals surface area contributed by atoms with Crippen molar-refractivity contribution in [2.45, 2.75) is 65.3 Å². The molecule has 0 bridgehead atoms. The maximum absolute atomic E-state index is 9.06. The Morgan fingerprint density at radius 1 is 1.32 bits per heavy atom. The minimum absolute atomic E-state index is 0.165. The Kier molecular flexibility index (Phi) is 7.41. The summed E-state index contributed by atoms with van der Waals surface area (Å²) in [6.07, 6.45) is 7.34. The fraction of sp³-hybridized carbons (Fsp3) is 0.938. The summed E-state index contributed by atoms with van der Waals surface area (Å²) >= 11 is 0. The van der Waals surface area contributed by atoms with Gasteiger partial charge in [-0.1, -0.05) is 13.3 Å². The smallest absolute Gasteiger partial charge is 0.0683 e. The first-order chi connectivity index (χ1) is 9.07. The van der Waals surface area contributed by atoms with Crippen LogP contribution in [0.4, 0.5) is 0 Å². The Morgan fingerprint density at radius 3 is 2.63 bits per heavy atom. The van der Waals surface area contributed by atoms with Crippen LogP contribution in [0.5, 0.6) is 0 Å². The van der Waals surface area contributed by atoms with E-state index in [0.717, 1.165) is 19.4 Å². The van der Waals surface area contributed by atoms with Crippen LogP contribution in [0, 0.1) is 16.7 Å². The van der Waals surface area contributed by atoms with Crippen molar-refractivity contribution in [1.82, 2.24) is 10.2 Å². The van der Waals surface area contributed by atoms with Crippen molar-refractivity contribution in [2.24, 2.45) is 5.41 Å². The highest BCUT2D eigenvalue weighted by molar-refractivity contribution is 4.91. The summed E-state index contributed by atoms with van der Waals surface area (Å²) in [5, 5.41) is 12.6. The van der Waals surface area contributed by atoms with Crippen LogP contribution >= 0.6 is 0 Å². The van der Waals surface area contributed by atoms with Gasteiger partial charge in [-0.3, -0.25) is 0 Å². The molecule has 3 nitrogen and oxygen atoms in total. The number of hydrogen-bond acceptors (Lipinski definition) is 3. The molecule has 19 heavy (non-hydrogen) atoms. The molecule has 0 aromatic carbocycles. The Bertz CT molecular complexity index is 274. The van der Waals surface area contributed by atoms with E-state index in [1.54, 1.807) is 0 Å². The molecule has 3 heteroatoms. The molecule has 0 aliphatic carbocycles. The molecule has 0 saturated carbocycles. The fourth-order valence-electron chi connectivity index (χ4n) is 2.70. The van der Waals surface area contributed by atoms with E-state index < -0.39 is 0 Å². The van der Waals surface area contributed by atoms with Crippen LogP contribution in [0.2, 0.25) is 0 Å². The van der Waals surface area contributed by atoms with Crippen LogP contribution in [0.25, 0.3) is 0 Å². The molecule has 0 aromatic heterocycles. The van der Waals surface area contributed by atoms with E-state index in [2.05, 4.69) is 23.2 Å². The molecule has 0 aromatic rings. The Labute approximate surface area is 119 Å². The monoisotopic (exact) mass is 265 g/mol. The first kappa shape index (κ1) is 16.5. The third kappa shape index (κ3) is 6.94. The summed E-state index contributed by atoms with van der Waals surface area (Å²) < 4.78 is 0. The summed E-state index contributed by atoms with van der Waals surface area (Å²) in [6.45, 7) is 11.1. The topological polar surface area (TPSA) is 39.1 Å². The maximum atomic E-state index is 9.06. The number of hydrogen-bond donors (Lipinski definition) is 1. The highest BCUT2D eigenvalue weighted by Gasteiger charge is 2.19. The lowest BCUT2D eigenvalue weighted by Gasteiger charge is -2.26. The quantitative estimate of drug-likeness (QED) is 0.696. The molecule has 1 aliphatic heterocycles. The average Bonchev–Trinajstić information content (AvgIpc) is 2.88. The van der Waals surface area contributed by atoms with Crippen molar-refractivity contribution in [3.05, 3.63) is 0 Å². The van der Waals surface area contributed by atoms with E-state index in [9.17, 15) is 0 Å². The van der Waals surface area contributed by atoms with Crippen LogP contribution in [-0.2, 0) is 0 Å². The number of nitrogens with one attached hydrogen (secondary N) is 1. The summed E-state index contributed by atoms with van der Waals surface area (Å²) in [5.74, 6) is 0. The molecule has 110 valence electrons. The molecule has 0 amide bonds. The normalized spacial score (nSPS) is 19.8. The summed E-state index contributed by atoms with van der Waals surface area (Å²) in [4.78, 5) is 2.60. The number of nitrogens with zero attached hydrogens (tertiary/aromatic N) is 2. The Morgan fingerprint density at radius 2 is 2.05 bits per heavy atom. The molecule has 1 saturated heterocycles. The molecule has 1 heterocycles. The van der Waals surface area contributed by atoms with Gasteiger partial charge in [-0.15, -0.1) is 0 Å². The largest absolute Gasteiger partial charge is 0.313 e. The van der Waals surface area contributed by atoms with Gasteiger partial charge in [-0.05, 0) is 65.6 Å². The minimum atomic E-state index is -0.165. The zero-order valence-electron chi connectivity index (χ0n) is 13.0. The van der Waals surface area contributed by atoms with Gasteiger partial charge < -0.3 is 10.2 Å². The lowest BCUT2D eigenvalue weighted by Crippen LogP contribution is -2.38. The van der Waals surface area contributed by atoms with Gasteiger partial charge in [0.25, 0.3) is 0 Å². The van der Waals surface area contributed by atoms with E-state index >= 15 is 0 Å². The zero-order chi connectivity index (χ0) is 14.1. The van der Waals surface area contributed by atoms with Crippen molar-refractivity contribution in [2.75, 3.05) is 26.2 Å². The van der Waals surface area contributed by atoms with Gasteiger partial charge in [0.2, 0.25) is 0 Å². The van der Waals surface area contributed by atoms with Crippen LogP contribution < -0.4 is 5.32 Å². The molecule has 0 radical (unpaired) electrons. The summed E-state index contributed by atoms with van der Waals surface area (Å²) in [5.41, 5.74) is -0.165. The summed E-state index contributed by atoms with van der Waals surface area (Å²) in [6, 6.07) is 3.10. The second kappa shape index (κ2) is 8.55. The second-order valence-corrected chi connectivity index (χ2v) is 6.55. The van der Waals surface area contributed by atoms with Gasteiger partial charge >= 0.3 is 0 Å². The molecule has 0 spiro atoms. The molecular weight excluding hydrogens is 234 g/mol. The zero-order valence-corrected chi connectivity index (χ0v) is 13.0. The Balaban J connectivity index is 2.30. The molecule has 1 aliphatic rings. The summed E-state index contributed by atoms with van der Waals surface area (Å²) in [7, 11) is 0. The standard InChI is InChI=1S/C16H31N3/c1-4-5-11-19(13-15-8-6-10-18-15)12-7-9-16(2,3)14-17/h15,18H,4-13H2,1-3H3. The van der Waals surface area contributed by atoms with Gasteiger partial charge in [-0.25, -0.2) is 0 Å². The Hall–Kier alpha value is -0.590. The third-order valence-electron chi connectivity index (χ3n) is 4.05. The number of unbranched alkanes of at least 4 members (excludes halogenated alkanes) is 1. The first-order valence-corrected chi connectivity index (χ1v) is 7.94. The van der Waals surface area contributed by atoms with Crippen molar-refractivity contribution < 1.29 is 0 Å². The van der Waals surface area contributed by atoms with E-state index in [-0.39, 0.29) is 5.41 Å². The lowest BCUT2D eigenvalue weighted by atomic mass is 9.90. The molecule has 1 unspecified atom stereocenters. The van der Waals surface area contributed by atoms with Gasteiger partial charge in [0.15, 0.2) is 0 Å². The van der Waals surface area contributed by atoms with E-state index in [0.29, 0.717) is 6.04 Å². The van der Waals surface area contributed by atoms with Gasteiger partial charge in [0.1, 0.15) is 0 Å². The SMILES string of the molecule is CCCCN(CCCC(C)(C)C#N)CC1CCCN1. The lowest BCUT2D eigenvalue weighted by molar-refractivity contribution is 0.232. The number of nitriles is 1. The van der Waals surface area contributed by atoms with E-state index in [1.807, 2.05) is 13.8 Å². The third-order valence-corrected chi connectivity index (χ3v) is 4.05. The van der Waals surface area contributed by atoms with Crippen molar-refractivity contribution in [3.8, 4) is 6.07 Å². The molecule has 1 rings (SSSR count). The first-order valence-electron chi connectivity index (χ1n) is 7.94. The van der Waals surface area contributed by atoms with Crippen molar-refractivity contribution in [3.63, 3.8) is 0 Å².